The fourth-order valence-electron chi connectivity index (χ4n) is 4.99. The lowest BCUT2D eigenvalue weighted by molar-refractivity contribution is -0.110. The van der Waals surface area contributed by atoms with Crippen LogP contribution in [-0.4, -0.2) is 10.8 Å². The molecular formula is C30H22Cl2N2OS2. The standard InChI is InChI=1S/C30H22Cl2N2OS2/c1-19-7-17-25(18-8-19)34-30(36-28(33-34)20(2)35)27-6-4-3-5-26(27)29(37-30,21-9-13-23(31)14-10-21)22-11-15-24(32)16-12-22/h3-18H,1-2H3/t30-/m1/s1. The number of anilines is 1. The Morgan fingerprint density at radius 1 is 0.784 bits per heavy atom. The number of fused-ring (bicyclic) bond motifs is 2. The highest BCUT2D eigenvalue weighted by atomic mass is 35.5. The number of carbonyl (C=O) groups is 1. The van der Waals surface area contributed by atoms with E-state index in [1.807, 2.05) is 29.3 Å². The van der Waals surface area contributed by atoms with E-state index in [1.54, 1.807) is 18.7 Å². The fraction of sp³-hybridized carbons (Fsp3) is 0.133. The van der Waals surface area contributed by atoms with Crippen molar-refractivity contribution >= 4 is 63.2 Å². The van der Waals surface area contributed by atoms with Crippen LogP contribution in [0, 0.1) is 6.92 Å². The molecule has 1 spiro atoms. The minimum atomic E-state index is -0.702. The second-order valence-electron chi connectivity index (χ2n) is 9.14. The van der Waals surface area contributed by atoms with E-state index >= 15 is 0 Å². The highest BCUT2D eigenvalue weighted by Crippen LogP contribution is 2.70. The summed E-state index contributed by atoms with van der Waals surface area (Å²) in [6, 6.07) is 32.8. The maximum Gasteiger partial charge on any atom is 0.187 e. The first kappa shape index (κ1) is 24.6. The van der Waals surface area contributed by atoms with Crippen LogP contribution in [0.15, 0.2) is 102 Å². The molecule has 2 aliphatic heterocycles. The highest BCUT2D eigenvalue weighted by Gasteiger charge is 2.61. The summed E-state index contributed by atoms with van der Waals surface area (Å²) in [5.74, 6) is -0.0486. The van der Waals surface area contributed by atoms with Gasteiger partial charge in [-0.3, -0.25) is 4.79 Å². The Balaban J connectivity index is 1.64. The van der Waals surface area contributed by atoms with E-state index in [9.17, 15) is 4.79 Å². The lowest BCUT2D eigenvalue weighted by Crippen LogP contribution is -2.34. The van der Waals surface area contributed by atoms with Crippen LogP contribution in [-0.2, 0) is 13.7 Å². The van der Waals surface area contributed by atoms with Crippen LogP contribution >= 0.6 is 46.7 Å². The zero-order valence-corrected chi connectivity index (χ0v) is 23.3. The number of hydrogen-bond acceptors (Lipinski definition) is 5. The van der Waals surface area contributed by atoms with Gasteiger partial charge in [-0.25, -0.2) is 5.01 Å². The molecule has 0 bridgehead atoms. The zero-order valence-electron chi connectivity index (χ0n) is 20.1. The van der Waals surface area contributed by atoms with E-state index in [-0.39, 0.29) is 5.78 Å². The van der Waals surface area contributed by atoms with Crippen LogP contribution in [0.25, 0.3) is 0 Å². The third-order valence-corrected chi connectivity index (χ3v) is 10.6. The number of benzene rings is 4. The molecule has 0 aromatic heterocycles. The van der Waals surface area contributed by atoms with Gasteiger partial charge in [-0.05, 0) is 60.0 Å². The minimum Gasteiger partial charge on any atom is -0.292 e. The normalized spacial score (nSPS) is 19.7. The fourth-order valence-corrected chi connectivity index (χ4v) is 8.80. The summed E-state index contributed by atoms with van der Waals surface area (Å²) < 4.78 is -1.30. The first-order chi connectivity index (χ1) is 17.8. The predicted octanol–water partition coefficient (Wildman–Crippen LogP) is 8.61. The van der Waals surface area contributed by atoms with Gasteiger partial charge in [0.1, 0.15) is 0 Å². The number of hydrazone groups is 1. The maximum atomic E-state index is 12.7. The molecule has 184 valence electrons. The van der Waals surface area contributed by atoms with Crippen LogP contribution < -0.4 is 5.01 Å². The Kier molecular flexibility index (Phi) is 6.15. The average molecular weight is 562 g/mol. The number of thioether (sulfide) groups is 2. The second kappa shape index (κ2) is 9.25. The Morgan fingerprint density at radius 2 is 1.32 bits per heavy atom. The van der Waals surface area contributed by atoms with Crippen LogP contribution in [0.2, 0.25) is 10.0 Å². The third kappa shape index (κ3) is 3.91. The molecule has 1 atom stereocenters. The van der Waals surface area contributed by atoms with Crippen LogP contribution in [0.1, 0.15) is 34.7 Å². The van der Waals surface area contributed by atoms with Gasteiger partial charge in [0.2, 0.25) is 0 Å². The summed E-state index contributed by atoms with van der Waals surface area (Å²) in [6.45, 7) is 3.64. The van der Waals surface area contributed by atoms with Crippen LogP contribution in [0.4, 0.5) is 5.69 Å². The molecule has 37 heavy (non-hydrogen) atoms. The lowest BCUT2D eigenvalue weighted by Gasteiger charge is -2.37. The Morgan fingerprint density at radius 3 is 1.86 bits per heavy atom. The Bertz CT molecular complexity index is 1490. The van der Waals surface area contributed by atoms with E-state index in [1.165, 1.54) is 11.8 Å². The molecule has 4 aromatic rings. The van der Waals surface area contributed by atoms with Gasteiger partial charge in [-0.15, -0.1) is 0 Å². The summed E-state index contributed by atoms with van der Waals surface area (Å²) in [4.78, 5) is 12.7. The Labute approximate surface area is 234 Å². The van der Waals surface area contributed by atoms with Gasteiger partial charge in [0.25, 0.3) is 0 Å². The Hall–Kier alpha value is -2.70. The van der Waals surface area contributed by atoms with Crippen molar-refractivity contribution in [3.8, 4) is 0 Å². The van der Waals surface area contributed by atoms with E-state index in [4.69, 9.17) is 28.3 Å². The SMILES string of the molecule is CC(=O)C1=NN(c2ccc(C)cc2)[C@]2(S1)SC(c1ccc(Cl)cc1)(c1ccc(Cl)cc1)c1ccccc12. The van der Waals surface area contributed by atoms with Gasteiger partial charge in [0.15, 0.2) is 15.0 Å². The van der Waals surface area contributed by atoms with Crippen LogP contribution in [0.3, 0.4) is 0 Å². The summed E-state index contributed by atoms with van der Waals surface area (Å²) in [5.41, 5.74) is 6.53. The highest BCUT2D eigenvalue weighted by molar-refractivity contribution is 8.27. The molecule has 0 aliphatic carbocycles. The minimum absolute atomic E-state index is 0.0486. The molecule has 2 aliphatic rings. The quantitative estimate of drug-likeness (QED) is 0.250. The number of ketones is 1. The molecule has 0 fully saturated rings. The molecule has 3 nitrogen and oxygen atoms in total. The third-order valence-electron chi connectivity index (χ3n) is 6.72. The molecule has 0 radical (unpaired) electrons. The summed E-state index contributed by atoms with van der Waals surface area (Å²) in [7, 11) is 0. The summed E-state index contributed by atoms with van der Waals surface area (Å²) in [6.07, 6.45) is 0. The molecule has 0 amide bonds. The number of hydrogen-bond donors (Lipinski definition) is 0. The van der Waals surface area contributed by atoms with E-state index in [0.29, 0.717) is 15.1 Å². The van der Waals surface area contributed by atoms with Crippen molar-refractivity contribution < 1.29 is 4.79 Å². The number of aryl methyl sites for hydroxylation is 1. The van der Waals surface area contributed by atoms with Crippen molar-refractivity contribution in [1.82, 2.24) is 0 Å². The van der Waals surface area contributed by atoms with Crippen LogP contribution in [0.5, 0.6) is 0 Å². The topological polar surface area (TPSA) is 32.7 Å². The molecule has 2 heterocycles. The van der Waals surface area contributed by atoms with E-state index < -0.39 is 8.95 Å². The average Bonchev–Trinajstić information content (AvgIpc) is 3.43. The molecule has 6 rings (SSSR count). The van der Waals surface area contributed by atoms with E-state index in [2.05, 4.69) is 79.7 Å². The van der Waals surface area contributed by atoms with Gasteiger partial charge in [0.05, 0.1) is 10.4 Å². The number of carbonyl (C=O) groups excluding carboxylic acids is 1. The molecular weight excluding hydrogens is 539 g/mol. The molecule has 4 aromatic carbocycles. The zero-order chi connectivity index (χ0) is 25.8. The molecule has 0 N–H and O–H groups in total. The smallest absolute Gasteiger partial charge is 0.187 e. The largest absolute Gasteiger partial charge is 0.292 e. The van der Waals surface area contributed by atoms with Crippen molar-refractivity contribution in [2.75, 3.05) is 5.01 Å². The molecule has 0 saturated carbocycles. The maximum absolute atomic E-state index is 12.7. The predicted molar refractivity (Wildman–Crippen MR) is 158 cm³/mol. The van der Waals surface area contributed by atoms with Gasteiger partial charge >= 0.3 is 0 Å². The first-order valence-corrected chi connectivity index (χ1v) is 14.2. The number of halogens is 2. The van der Waals surface area contributed by atoms with Crippen molar-refractivity contribution in [2.24, 2.45) is 5.10 Å². The summed E-state index contributed by atoms with van der Waals surface area (Å²) >= 11 is 16.0. The van der Waals surface area contributed by atoms with Crippen molar-refractivity contribution in [1.29, 1.82) is 0 Å². The number of nitrogens with zero attached hydrogens (tertiary/aromatic N) is 2. The van der Waals surface area contributed by atoms with Gasteiger partial charge in [-0.1, -0.05) is 113 Å². The number of Topliss-reactive ketones (excluding diaryl/α,β-unsaturated/α-hetero) is 1. The first-order valence-electron chi connectivity index (χ1n) is 11.8. The van der Waals surface area contributed by atoms with Crippen molar-refractivity contribution in [2.45, 2.75) is 22.8 Å². The van der Waals surface area contributed by atoms with Crippen molar-refractivity contribution in [3.63, 3.8) is 0 Å². The molecule has 0 saturated heterocycles. The second-order valence-corrected chi connectivity index (χ2v) is 12.9. The van der Waals surface area contributed by atoms with Gasteiger partial charge in [-0.2, -0.15) is 5.10 Å². The van der Waals surface area contributed by atoms with Gasteiger partial charge < -0.3 is 0 Å². The van der Waals surface area contributed by atoms with Gasteiger partial charge in [0, 0.05) is 22.5 Å². The summed E-state index contributed by atoms with van der Waals surface area (Å²) in [5, 5.41) is 8.77. The molecule has 0 unspecified atom stereocenters. The monoisotopic (exact) mass is 560 g/mol. The molecule has 7 heteroatoms. The lowest BCUT2D eigenvalue weighted by atomic mass is 9.82. The number of rotatable bonds is 4. The van der Waals surface area contributed by atoms with E-state index in [0.717, 1.165) is 33.5 Å². The van der Waals surface area contributed by atoms with Crippen molar-refractivity contribution in [3.05, 3.63) is 135 Å².